The molecule has 1 saturated heterocycles. The molecule has 28 heavy (non-hydrogen) atoms. The zero-order chi connectivity index (χ0) is 20.1. The van der Waals surface area contributed by atoms with Gasteiger partial charge in [0.15, 0.2) is 0 Å². The van der Waals surface area contributed by atoms with Crippen LogP contribution in [0.3, 0.4) is 0 Å². The number of morpholine rings is 1. The summed E-state index contributed by atoms with van der Waals surface area (Å²) in [4.78, 5) is 14.7. The predicted octanol–water partition coefficient (Wildman–Crippen LogP) is 2.56. The van der Waals surface area contributed by atoms with Gasteiger partial charge in [0.25, 0.3) is 5.91 Å². The van der Waals surface area contributed by atoms with Crippen molar-refractivity contribution in [1.82, 2.24) is 20.0 Å². The van der Waals surface area contributed by atoms with Crippen LogP contribution in [0.15, 0.2) is 36.7 Å². The number of carbonyl (C=O) groups excluding carboxylic acids is 1. The van der Waals surface area contributed by atoms with Crippen LogP contribution in [-0.4, -0.2) is 59.6 Å². The zero-order valence-corrected chi connectivity index (χ0v) is 15.6. The topological polar surface area (TPSA) is 59.4 Å². The fraction of sp³-hybridized carbons (Fsp3) is 0.474. The molecule has 9 heteroatoms. The van der Waals surface area contributed by atoms with Crippen LogP contribution in [0, 0.1) is 6.92 Å². The lowest BCUT2D eigenvalue weighted by Crippen LogP contribution is -2.43. The molecule has 0 unspecified atom stereocenters. The van der Waals surface area contributed by atoms with Gasteiger partial charge in [0.1, 0.15) is 6.54 Å². The van der Waals surface area contributed by atoms with E-state index in [2.05, 4.69) is 21.4 Å². The molecule has 1 N–H and O–H groups in total. The number of nitrogens with zero attached hydrogens (tertiary/aromatic N) is 3. The van der Waals surface area contributed by atoms with Gasteiger partial charge in [0, 0.05) is 25.8 Å². The van der Waals surface area contributed by atoms with E-state index in [4.69, 9.17) is 4.74 Å². The summed E-state index contributed by atoms with van der Waals surface area (Å²) in [5.41, 5.74) is 2.31. The highest BCUT2D eigenvalue weighted by atomic mass is 19.4. The first-order valence-electron chi connectivity index (χ1n) is 9.07. The number of hydrogen-bond donors (Lipinski definition) is 1. The molecule has 0 bridgehead atoms. The first-order chi connectivity index (χ1) is 13.3. The number of aromatic nitrogens is 2. The molecule has 1 aromatic carbocycles. The third-order valence-electron chi connectivity index (χ3n) is 4.61. The number of amides is 1. The first-order valence-corrected chi connectivity index (χ1v) is 9.07. The number of carbonyl (C=O) groups is 1. The molecule has 152 valence electrons. The minimum absolute atomic E-state index is 0.0435. The maximum atomic E-state index is 12.5. The Morgan fingerprint density at radius 1 is 1.32 bits per heavy atom. The van der Waals surface area contributed by atoms with Crippen molar-refractivity contribution >= 4 is 5.91 Å². The van der Waals surface area contributed by atoms with Crippen LogP contribution >= 0.6 is 0 Å². The highest BCUT2D eigenvalue weighted by molar-refractivity contribution is 5.93. The van der Waals surface area contributed by atoms with Gasteiger partial charge in [-0.1, -0.05) is 29.8 Å². The van der Waals surface area contributed by atoms with Gasteiger partial charge in [0.2, 0.25) is 0 Å². The molecule has 6 nitrogen and oxygen atoms in total. The lowest BCUT2D eigenvalue weighted by molar-refractivity contribution is -0.142. The van der Waals surface area contributed by atoms with Crippen molar-refractivity contribution in [2.24, 2.45) is 0 Å². The Balaban J connectivity index is 1.68. The molecule has 0 saturated carbocycles. The predicted molar refractivity (Wildman–Crippen MR) is 96.9 cm³/mol. The van der Waals surface area contributed by atoms with Crippen molar-refractivity contribution in [3.63, 3.8) is 0 Å². The minimum atomic E-state index is -4.38. The molecular weight excluding hydrogens is 373 g/mol. The molecule has 1 fully saturated rings. The monoisotopic (exact) mass is 396 g/mol. The highest BCUT2D eigenvalue weighted by Crippen LogP contribution is 2.22. The summed E-state index contributed by atoms with van der Waals surface area (Å²) in [6, 6.07) is 8.03. The first kappa shape index (κ1) is 20.3. The van der Waals surface area contributed by atoms with E-state index >= 15 is 0 Å². The normalized spacial score (nSPS) is 16.7. The number of ether oxygens (including phenoxy) is 1. The molecule has 2 heterocycles. The Labute approximate surface area is 161 Å². The molecule has 0 aliphatic carbocycles. The Bertz CT molecular complexity index is 800. The second-order valence-corrected chi connectivity index (χ2v) is 6.83. The van der Waals surface area contributed by atoms with Crippen molar-refractivity contribution < 1.29 is 22.7 Å². The SMILES string of the molecule is Cc1cccc([C@@H](CNC(=O)c2cnn(CC(F)(F)F)c2)N2CCOCC2)c1. The summed E-state index contributed by atoms with van der Waals surface area (Å²) >= 11 is 0. The second kappa shape index (κ2) is 8.74. The molecule has 1 atom stereocenters. The number of rotatable bonds is 6. The fourth-order valence-electron chi connectivity index (χ4n) is 3.27. The van der Waals surface area contributed by atoms with Crippen molar-refractivity contribution in [3.8, 4) is 0 Å². The number of halogens is 3. The Hall–Kier alpha value is -2.39. The van der Waals surface area contributed by atoms with E-state index in [0.29, 0.717) is 19.8 Å². The standard InChI is InChI=1S/C19H23F3N4O2/c1-14-3-2-4-15(9-14)17(25-5-7-28-8-6-25)11-23-18(27)16-10-24-26(12-16)13-19(20,21)22/h2-4,9-10,12,17H,5-8,11,13H2,1H3,(H,23,27)/t17-/m1/s1. The maximum absolute atomic E-state index is 12.5. The number of benzene rings is 1. The zero-order valence-electron chi connectivity index (χ0n) is 15.6. The van der Waals surface area contributed by atoms with Crippen LogP contribution in [-0.2, 0) is 11.3 Å². The molecule has 1 amide bonds. The average molecular weight is 396 g/mol. The van der Waals surface area contributed by atoms with Gasteiger partial charge in [-0.05, 0) is 12.5 Å². The fourth-order valence-corrected chi connectivity index (χ4v) is 3.27. The lowest BCUT2D eigenvalue weighted by Gasteiger charge is -2.35. The highest BCUT2D eigenvalue weighted by Gasteiger charge is 2.29. The van der Waals surface area contributed by atoms with E-state index in [9.17, 15) is 18.0 Å². The summed E-state index contributed by atoms with van der Waals surface area (Å²) in [5, 5.41) is 6.45. The van der Waals surface area contributed by atoms with Gasteiger partial charge >= 0.3 is 6.18 Å². The molecule has 0 spiro atoms. The Morgan fingerprint density at radius 3 is 2.75 bits per heavy atom. The summed E-state index contributed by atoms with van der Waals surface area (Å²) in [6.45, 7) is 3.87. The number of hydrogen-bond acceptors (Lipinski definition) is 4. The van der Waals surface area contributed by atoms with Gasteiger partial charge in [-0.15, -0.1) is 0 Å². The van der Waals surface area contributed by atoms with Crippen LogP contribution in [0.1, 0.15) is 27.5 Å². The van der Waals surface area contributed by atoms with Crippen molar-refractivity contribution in [2.75, 3.05) is 32.8 Å². The van der Waals surface area contributed by atoms with Crippen LogP contribution in [0.2, 0.25) is 0 Å². The van der Waals surface area contributed by atoms with E-state index in [1.807, 2.05) is 25.1 Å². The number of alkyl halides is 3. The molecule has 1 aliphatic rings. The van der Waals surface area contributed by atoms with E-state index in [1.165, 1.54) is 0 Å². The Morgan fingerprint density at radius 2 is 2.07 bits per heavy atom. The number of aryl methyl sites for hydroxylation is 1. The van der Waals surface area contributed by atoms with Crippen molar-refractivity contribution in [1.29, 1.82) is 0 Å². The molecule has 2 aromatic rings. The van der Waals surface area contributed by atoms with Crippen molar-refractivity contribution in [3.05, 3.63) is 53.3 Å². The average Bonchev–Trinajstić information content (AvgIpc) is 3.09. The van der Waals surface area contributed by atoms with Crippen LogP contribution in [0.4, 0.5) is 13.2 Å². The second-order valence-electron chi connectivity index (χ2n) is 6.83. The van der Waals surface area contributed by atoms with E-state index in [-0.39, 0.29) is 11.6 Å². The van der Waals surface area contributed by atoms with Gasteiger partial charge in [0.05, 0.1) is 31.0 Å². The molecule has 0 radical (unpaired) electrons. The third kappa shape index (κ3) is 5.56. The van der Waals surface area contributed by atoms with Crippen LogP contribution < -0.4 is 5.32 Å². The van der Waals surface area contributed by atoms with Gasteiger partial charge in [-0.2, -0.15) is 18.3 Å². The van der Waals surface area contributed by atoms with Crippen LogP contribution in [0.25, 0.3) is 0 Å². The van der Waals surface area contributed by atoms with E-state index < -0.39 is 18.6 Å². The summed E-state index contributed by atoms with van der Waals surface area (Å²) < 4.78 is 43.5. The summed E-state index contributed by atoms with van der Waals surface area (Å²) in [5.74, 6) is -0.445. The van der Waals surface area contributed by atoms with Crippen LogP contribution in [0.5, 0.6) is 0 Å². The maximum Gasteiger partial charge on any atom is 0.408 e. The summed E-state index contributed by atoms with van der Waals surface area (Å²) in [7, 11) is 0. The smallest absolute Gasteiger partial charge is 0.379 e. The quantitative estimate of drug-likeness (QED) is 0.815. The molecule has 3 rings (SSSR count). The van der Waals surface area contributed by atoms with Gasteiger partial charge < -0.3 is 10.1 Å². The largest absolute Gasteiger partial charge is 0.408 e. The minimum Gasteiger partial charge on any atom is -0.379 e. The third-order valence-corrected chi connectivity index (χ3v) is 4.61. The molecular formula is C19H23F3N4O2. The molecule has 1 aromatic heterocycles. The molecule has 1 aliphatic heterocycles. The van der Waals surface area contributed by atoms with E-state index in [1.54, 1.807) is 0 Å². The van der Waals surface area contributed by atoms with E-state index in [0.717, 1.165) is 41.3 Å². The summed E-state index contributed by atoms with van der Waals surface area (Å²) in [6.07, 6.45) is -2.12. The van der Waals surface area contributed by atoms with Gasteiger partial charge in [-0.3, -0.25) is 14.4 Å². The van der Waals surface area contributed by atoms with Crippen molar-refractivity contribution in [2.45, 2.75) is 25.7 Å². The Kier molecular flexibility index (Phi) is 6.35. The van der Waals surface area contributed by atoms with Gasteiger partial charge in [-0.25, -0.2) is 0 Å². The lowest BCUT2D eigenvalue weighted by atomic mass is 10.0. The number of nitrogens with one attached hydrogen (secondary N) is 1.